The summed E-state index contributed by atoms with van der Waals surface area (Å²) in [5, 5.41) is 0.194. The molecule has 0 nitrogen and oxygen atoms in total. The van der Waals surface area contributed by atoms with Crippen LogP contribution in [0.1, 0.15) is 80.9 Å². The lowest BCUT2D eigenvalue weighted by atomic mass is 9.77. The molecule has 182 valence electrons. The van der Waals surface area contributed by atoms with Gasteiger partial charge in [-0.1, -0.05) is 50.8 Å². The van der Waals surface area contributed by atoms with Gasteiger partial charge in [-0.25, -0.2) is 22.0 Å². The second-order valence-electron chi connectivity index (χ2n) is 9.72. The van der Waals surface area contributed by atoms with E-state index in [9.17, 15) is 22.0 Å². The van der Waals surface area contributed by atoms with Crippen molar-refractivity contribution >= 4 is 10.8 Å². The number of benzene rings is 3. The van der Waals surface area contributed by atoms with E-state index in [0.717, 1.165) is 43.2 Å². The Morgan fingerprint density at radius 2 is 1.44 bits per heavy atom. The van der Waals surface area contributed by atoms with Gasteiger partial charge in [0.15, 0.2) is 17.5 Å². The highest BCUT2D eigenvalue weighted by molar-refractivity contribution is 5.84. The van der Waals surface area contributed by atoms with Gasteiger partial charge >= 0.3 is 0 Å². The molecule has 0 saturated heterocycles. The zero-order valence-corrected chi connectivity index (χ0v) is 19.6. The van der Waals surface area contributed by atoms with E-state index in [1.807, 2.05) is 0 Å². The average molecular weight is 475 g/mol. The summed E-state index contributed by atoms with van der Waals surface area (Å²) in [6.45, 7) is 2.20. The first-order valence-corrected chi connectivity index (χ1v) is 12.4. The Kier molecular flexibility index (Phi) is 7.90. The Morgan fingerprint density at radius 3 is 2.12 bits per heavy atom. The largest absolute Gasteiger partial charge is 0.207 e. The van der Waals surface area contributed by atoms with Gasteiger partial charge in [-0.05, 0) is 85.1 Å². The van der Waals surface area contributed by atoms with Crippen LogP contribution in [0.2, 0.25) is 0 Å². The van der Waals surface area contributed by atoms with Crippen molar-refractivity contribution in [3.63, 3.8) is 0 Å². The molecule has 5 heteroatoms. The van der Waals surface area contributed by atoms with Gasteiger partial charge in [-0.2, -0.15) is 0 Å². The van der Waals surface area contributed by atoms with Gasteiger partial charge in [-0.3, -0.25) is 0 Å². The van der Waals surface area contributed by atoms with E-state index in [2.05, 4.69) is 6.92 Å². The Bertz CT molecular complexity index is 1120. The van der Waals surface area contributed by atoms with Gasteiger partial charge < -0.3 is 0 Å². The molecule has 1 saturated carbocycles. The predicted octanol–water partition coefficient (Wildman–Crippen LogP) is 9.17. The molecule has 0 unspecified atom stereocenters. The second kappa shape index (κ2) is 10.9. The van der Waals surface area contributed by atoms with Crippen LogP contribution in [0.5, 0.6) is 0 Å². The third-order valence-electron chi connectivity index (χ3n) is 7.40. The fourth-order valence-electron chi connectivity index (χ4n) is 5.34. The van der Waals surface area contributed by atoms with Crippen molar-refractivity contribution in [1.82, 2.24) is 0 Å². The lowest BCUT2D eigenvalue weighted by Gasteiger charge is -2.29. The van der Waals surface area contributed by atoms with Crippen molar-refractivity contribution in [3.8, 4) is 0 Å². The van der Waals surface area contributed by atoms with E-state index >= 15 is 0 Å². The maximum Gasteiger partial charge on any atom is 0.195 e. The molecule has 0 bridgehead atoms. The smallest absolute Gasteiger partial charge is 0.195 e. The number of halogens is 5. The number of hydrogen-bond acceptors (Lipinski definition) is 0. The van der Waals surface area contributed by atoms with Crippen LogP contribution in [-0.4, -0.2) is 0 Å². The molecule has 34 heavy (non-hydrogen) atoms. The zero-order valence-electron chi connectivity index (χ0n) is 19.6. The summed E-state index contributed by atoms with van der Waals surface area (Å²) in [4.78, 5) is 0. The van der Waals surface area contributed by atoms with Crippen LogP contribution in [-0.2, 0) is 12.8 Å². The van der Waals surface area contributed by atoms with E-state index in [1.165, 1.54) is 49.9 Å². The Hall–Kier alpha value is -2.43. The molecular weight excluding hydrogens is 443 g/mol. The van der Waals surface area contributed by atoms with Crippen LogP contribution in [0, 0.1) is 35.0 Å². The summed E-state index contributed by atoms with van der Waals surface area (Å²) in [6.07, 6.45) is 9.61. The molecule has 1 aliphatic carbocycles. The normalized spacial score (nSPS) is 18.5. The first-order chi connectivity index (χ1) is 16.4. The van der Waals surface area contributed by atoms with Gasteiger partial charge in [0.25, 0.3) is 0 Å². The first-order valence-electron chi connectivity index (χ1n) is 12.4. The maximum absolute atomic E-state index is 14.9. The lowest BCUT2D eigenvalue weighted by Crippen LogP contribution is -2.14. The van der Waals surface area contributed by atoms with Crippen LogP contribution in [0.15, 0.2) is 36.4 Å². The Labute approximate surface area is 198 Å². The first kappa shape index (κ1) is 24.7. The highest BCUT2D eigenvalue weighted by atomic mass is 19.2. The summed E-state index contributed by atoms with van der Waals surface area (Å²) in [6, 6.07) is 8.38. The van der Waals surface area contributed by atoms with Crippen LogP contribution >= 0.6 is 0 Å². The lowest BCUT2D eigenvalue weighted by molar-refractivity contribution is 0.302. The highest BCUT2D eigenvalue weighted by Gasteiger charge is 2.24. The third kappa shape index (κ3) is 5.45. The van der Waals surface area contributed by atoms with E-state index < -0.39 is 29.1 Å². The van der Waals surface area contributed by atoms with Crippen LogP contribution in [0.25, 0.3) is 10.8 Å². The number of aryl methyl sites for hydroxylation is 1. The molecule has 0 aliphatic heterocycles. The zero-order chi connectivity index (χ0) is 24.2. The van der Waals surface area contributed by atoms with Crippen molar-refractivity contribution in [3.05, 3.63) is 82.2 Å². The van der Waals surface area contributed by atoms with Crippen LogP contribution in [0.3, 0.4) is 0 Å². The summed E-state index contributed by atoms with van der Waals surface area (Å²) in [5.74, 6) is -4.15. The summed E-state index contributed by atoms with van der Waals surface area (Å²) in [5.41, 5.74) is 1.43. The fraction of sp³-hybridized carbons (Fsp3) is 0.448. The van der Waals surface area contributed by atoms with Gasteiger partial charge in [0.05, 0.1) is 0 Å². The van der Waals surface area contributed by atoms with Crippen molar-refractivity contribution in [2.75, 3.05) is 0 Å². The predicted molar refractivity (Wildman–Crippen MR) is 126 cm³/mol. The van der Waals surface area contributed by atoms with Gasteiger partial charge in [0.1, 0.15) is 11.6 Å². The number of unbranched alkanes of at least 4 members (excludes halogenated alkanes) is 2. The minimum atomic E-state index is -1.51. The molecule has 1 aliphatic rings. The summed E-state index contributed by atoms with van der Waals surface area (Å²) in [7, 11) is 0. The van der Waals surface area contributed by atoms with E-state index in [0.29, 0.717) is 12.0 Å². The van der Waals surface area contributed by atoms with Crippen molar-refractivity contribution in [1.29, 1.82) is 0 Å². The molecule has 3 aromatic rings. The van der Waals surface area contributed by atoms with Gasteiger partial charge in [-0.15, -0.1) is 0 Å². The molecule has 0 radical (unpaired) electrons. The Morgan fingerprint density at radius 1 is 0.735 bits per heavy atom. The average Bonchev–Trinajstić information content (AvgIpc) is 2.82. The van der Waals surface area contributed by atoms with Crippen molar-refractivity contribution in [2.45, 2.75) is 77.0 Å². The molecular formula is C29H31F5. The van der Waals surface area contributed by atoms with E-state index in [-0.39, 0.29) is 28.7 Å². The minimum absolute atomic E-state index is 0.0218. The van der Waals surface area contributed by atoms with Crippen molar-refractivity contribution < 1.29 is 22.0 Å². The number of rotatable bonds is 8. The Balaban J connectivity index is 1.41. The molecule has 0 aromatic heterocycles. The molecule has 0 spiro atoms. The number of fused-ring (bicyclic) bond motifs is 1. The van der Waals surface area contributed by atoms with Crippen molar-refractivity contribution in [2.24, 2.45) is 5.92 Å². The fourth-order valence-corrected chi connectivity index (χ4v) is 5.34. The standard InChI is InChI=1S/C29H31F5/c1-2-3-4-5-18-6-10-20(11-7-18)21-15-25(30)24(26(31)16-21)13-9-19-8-12-23-22(14-19)17-27(32)29(34)28(23)33/h8,12,14-18,20H,2-7,9-11,13H2,1H3/t18-,20-. The quantitative estimate of drug-likeness (QED) is 0.173. The summed E-state index contributed by atoms with van der Waals surface area (Å²) < 4.78 is 70.7. The van der Waals surface area contributed by atoms with Crippen LogP contribution in [0.4, 0.5) is 22.0 Å². The monoisotopic (exact) mass is 474 g/mol. The molecule has 1 fully saturated rings. The third-order valence-corrected chi connectivity index (χ3v) is 7.40. The van der Waals surface area contributed by atoms with E-state index in [1.54, 1.807) is 6.07 Å². The maximum atomic E-state index is 14.9. The van der Waals surface area contributed by atoms with Gasteiger partial charge in [0, 0.05) is 10.9 Å². The minimum Gasteiger partial charge on any atom is -0.207 e. The summed E-state index contributed by atoms with van der Waals surface area (Å²) >= 11 is 0. The topological polar surface area (TPSA) is 0 Å². The molecule has 0 heterocycles. The molecule has 0 amide bonds. The molecule has 0 N–H and O–H groups in total. The van der Waals surface area contributed by atoms with E-state index in [4.69, 9.17) is 0 Å². The molecule has 4 rings (SSSR count). The highest BCUT2D eigenvalue weighted by Crippen LogP contribution is 2.38. The SMILES string of the molecule is CCCCC[C@H]1CC[C@H](c2cc(F)c(CCc3ccc4c(F)c(F)c(F)cc4c3)c(F)c2)CC1. The second-order valence-corrected chi connectivity index (χ2v) is 9.72. The number of hydrogen-bond donors (Lipinski definition) is 0. The molecule has 3 aromatic carbocycles. The molecule has 0 atom stereocenters. The van der Waals surface area contributed by atoms with Gasteiger partial charge in [0.2, 0.25) is 0 Å². The van der Waals surface area contributed by atoms with Crippen LogP contribution < -0.4 is 0 Å².